The van der Waals surface area contributed by atoms with Gasteiger partial charge >= 0.3 is 5.97 Å². The monoisotopic (exact) mass is 281 g/mol. The molecule has 4 heteroatoms. The van der Waals surface area contributed by atoms with Gasteiger partial charge in [0.1, 0.15) is 0 Å². The molecule has 0 aromatic heterocycles. The predicted octanol–water partition coefficient (Wildman–Crippen LogP) is 2.94. The lowest BCUT2D eigenvalue weighted by molar-refractivity contribution is -0.150. The number of allylic oxidation sites excluding steroid dienone is 2. The zero-order valence-corrected chi connectivity index (χ0v) is 12.8. The third-order valence-corrected chi connectivity index (χ3v) is 4.39. The summed E-state index contributed by atoms with van der Waals surface area (Å²) >= 11 is 0. The van der Waals surface area contributed by atoms with E-state index in [-0.39, 0.29) is 5.91 Å². The topological polar surface area (TPSA) is 57.6 Å². The predicted molar refractivity (Wildman–Crippen MR) is 79.3 cm³/mol. The van der Waals surface area contributed by atoms with E-state index >= 15 is 0 Å². The second kappa shape index (κ2) is 8.08. The Hall–Kier alpha value is -1.32. The minimum Gasteiger partial charge on any atom is -0.481 e. The SMILES string of the molecule is CCC(CC)CN(CC)C(=O)C1CC=CCC1C(=O)O. The number of nitrogens with zero attached hydrogens (tertiary/aromatic N) is 1. The van der Waals surface area contributed by atoms with Crippen LogP contribution in [0.25, 0.3) is 0 Å². The number of aliphatic carboxylic acids is 1. The molecule has 0 fully saturated rings. The van der Waals surface area contributed by atoms with Crippen molar-refractivity contribution in [2.45, 2.75) is 46.5 Å². The molecule has 0 aromatic carbocycles. The fourth-order valence-electron chi connectivity index (χ4n) is 2.83. The lowest BCUT2D eigenvalue weighted by Gasteiger charge is -2.32. The van der Waals surface area contributed by atoms with Crippen LogP contribution in [-0.2, 0) is 9.59 Å². The molecule has 0 aliphatic heterocycles. The van der Waals surface area contributed by atoms with Crippen molar-refractivity contribution < 1.29 is 14.7 Å². The molecular weight excluding hydrogens is 254 g/mol. The first-order valence-electron chi connectivity index (χ1n) is 7.71. The summed E-state index contributed by atoms with van der Waals surface area (Å²) in [6, 6.07) is 0. The van der Waals surface area contributed by atoms with Crippen LogP contribution in [0.4, 0.5) is 0 Å². The van der Waals surface area contributed by atoms with Crippen LogP contribution in [0.3, 0.4) is 0 Å². The Balaban J connectivity index is 2.78. The van der Waals surface area contributed by atoms with E-state index in [1.807, 2.05) is 24.0 Å². The summed E-state index contributed by atoms with van der Waals surface area (Å²) < 4.78 is 0. The molecule has 0 aromatic rings. The van der Waals surface area contributed by atoms with Gasteiger partial charge in [0.25, 0.3) is 0 Å². The van der Waals surface area contributed by atoms with Crippen LogP contribution in [0.15, 0.2) is 12.2 Å². The van der Waals surface area contributed by atoms with Gasteiger partial charge in [-0.3, -0.25) is 9.59 Å². The first-order chi connectivity index (χ1) is 9.54. The van der Waals surface area contributed by atoms with E-state index in [4.69, 9.17) is 0 Å². The van der Waals surface area contributed by atoms with Crippen LogP contribution in [0.5, 0.6) is 0 Å². The number of amides is 1. The van der Waals surface area contributed by atoms with Crippen molar-refractivity contribution in [3.05, 3.63) is 12.2 Å². The van der Waals surface area contributed by atoms with Crippen LogP contribution in [0, 0.1) is 17.8 Å². The molecule has 20 heavy (non-hydrogen) atoms. The Kier molecular flexibility index (Phi) is 6.76. The lowest BCUT2D eigenvalue weighted by Crippen LogP contribution is -2.43. The molecule has 0 spiro atoms. The molecule has 0 heterocycles. The second-order valence-corrected chi connectivity index (χ2v) is 5.55. The average molecular weight is 281 g/mol. The highest BCUT2D eigenvalue weighted by Crippen LogP contribution is 2.28. The van der Waals surface area contributed by atoms with Crippen molar-refractivity contribution in [1.82, 2.24) is 4.90 Å². The van der Waals surface area contributed by atoms with Crippen molar-refractivity contribution in [3.8, 4) is 0 Å². The third-order valence-electron chi connectivity index (χ3n) is 4.39. The van der Waals surface area contributed by atoms with Gasteiger partial charge in [-0.25, -0.2) is 0 Å². The lowest BCUT2D eigenvalue weighted by atomic mass is 9.82. The summed E-state index contributed by atoms with van der Waals surface area (Å²) in [4.78, 5) is 25.8. The molecule has 114 valence electrons. The smallest absolute Gasteiger partial charge is 0.307 e. The summed E-state index contributed by atoms with van der Waals surface area (Å²) in [6.07, 6.45) is 6.93. The molecule has 4 nitrogen and oxygen atoms in total. The van der Waals surface area contributed by atoms with Crippen molar-refractivity contribution >= 4 is 11.9 Å². The van der Waals surface area contributed by atoms with Gasteiger partial charge in [-0.05, 0) is 25.7 Å². The number of carbonyl (C=O) groups excluding carboxylic acids is 1. The van der Waals surface area contributed by atoms with Crippen molar-refractivity contribution in [2.75, 3.05) is 13.1 Å². The number of rotatable bonds is 7. The molecule has 2 unspecified atom stereocenters. The van der Waals surface area contributed by atoms with E-state index in [2.05, 4.69) is 13.8 Å². The number of carboxylic acids is 1. The fraction of sp³-hybridized carbons (Fsp3) is 0.750. The summed E-state index contributed by atoms with van der Waals surface area (Å²) in [7, 11) is 0. The van der Waals surface area contributed by atoms with Crippen molar-refractivity contribution in [1.29, 1.82) is 0 Å². The maximum absolute atomic E-state index is 12.6. The average Bonchev–Trinajstić information content (AvgIpc) is 2.48. The highest BCUT2D eigenvalue weighted by atomic mass is 16.4. The van der Waals surface area contributed by atoms with Crippen LogP contribution < -0.4 is 0 Å². The van der Waals surface area contributed by atoms with Gasteiger partial charge in [-0.1, -0.05) is 38.8 Å². The Bertz CT molecular complexity index is 361. The Morgan fingerprint density at radius 3 is 2.15 bits per heavy atom. The summed E-state index contributed by atoms with van der Waals surface area (Å²) in [5.74, 6) is -1.31. The van der Waals surface area contributed by atoms with Crippen LogP contribution >= 0.6 is 0 Å². The highest BCUT2D eigenvalue weighted by Gasteiger charge is 2.36. The molecule has 1 amide bonds. The minimum atomic E-state index is -0.855. The minimum absolute atomic E-state index is 0.0103. The van der Waals surface area contributed by atoms with Gasteiger partial charge in [-0.2, -0.15) is 0 Å². The van der Waals surface area contributed by atoms with Gasteiger partial charge in [0.15, 0.2) is 0 Å². The van der Waals surface area contributed by atoms with E-state index < -0.39 is 17.8 Å². The number of carbonyl (C=O) groups is 2. The van der Waals surface area contributed by atoms with Crippen LogP contribution in [-0.4, -0.2) is 35.0 Å². The molecule has 2 atom stereocenters. The van der Waals surface area contributed by atoms with Crippen molar-refractivity contribution in [3.63, 3.8) is 0 Å². The van der Waals surface area contributed by atoms with Gasteiger partial charge in [0.2, 0.25) is 5.91 Å². The second-order valence-electron chi connectivity index (χ2n) is 5.55. The van der Waals surface area contributed by atoms with E-state index in [1.165, 1.54) is 0 Å². The van der Waals surface area contributed by atoms with Crippen LogP contribution in [0.1, 0.15) is 46.5 Å². The third kappa shape index (κ3) is 4.09. The molecule has 0 bridgehead atoms. The van der Waals surface area contributed by atoms with Gasteiger partial charge in [0.05, 0.1) is 11.8 Å². The normalized spacial score (nSPS) is 22.0. The molecule has 1 rings (SSSR count). The van der Waals surface area contributed by atoms with Gasteiger partial charge < -0.3 is 10.0 Å². The summed E-state index contributed by atoms with van der Waals surface area (Å²) in [5.41, 5.74) is 0. The van der Waals surface area contributed by atoms with Crippen molar-refractivity contribution in [2.24, 2.45) is 17.8 Å². The summed E-state index contributed by atoms with van der Waals surface area (Å²) in [6.45, 7) is 7.64. The van der Waals surface area contributed by atoms with Crippen LogP contribution in [0.2, 0.25) is 0 Å². The zero-order chi connectivity index (χ0) is 15.1. The molecule has 1 aliphatic rings. The highest BCUT2D eigenvalue weighted by molar-refractivity contribution is 5.85. The molecule has 1 N–H and O–H groups in total. The number of carboxylic acid groups (broad SMARTS) is 1. The maximum atomic E-state index is 12.6. The Morgan fingerprint density at radius 1 is 1.15 bits per heavy atom. The zero-order valence-electron chi connectivity index (χ0n) is 12.8. The molecule has 1 aliphatic carbocycles. The quantitative estimate of drug-likeness (QED) is 0.730. The number of hydrogen-bond acceptors (Lipinski definition) is 2. The van der Waals surface area contributed by atoms with E-state index in [0.29, 0.717) is 25.3 Å². The molecule has 0 radical (unpaired) electrons. The van der Waals surface area contributed by atoms with E-state index in [1.54, 1.807) is 0 Å². The van der Waals surface area contributed by atoms with Gasteiger partial charge in [-0.15, -0.1) is 0 Å². The molecular formula is C16H27NO3. The number of hydrogen-bond donors (Lipinski definition) is 1. The standard InChI is InChI=1S/C16H27NO3/c1-4-12(5-2)11-17(6-3)15(18)13-9-7-8-10-14(13)16(19)20/h7-8,12-14H,4-6,9-11H2,1-3H3,(H,19,20). The first kappa shape index (κ1) is 16.7. The Labute approximate surface area is 121 Å². The first-order valence-corrected chi connectivity index (χ1v) is 7.71. The van der Waals surface area contributed by atoms with E-state index in [9.17, 15) is 14.7 Å². The molecule has 0 saturated carbocycles. The largest absolute Gasteiger partial charge is 0.481 e. The Morgan fingerprint density at radius 2 is 1.70 bits per heavy atom. The van der Waals surface area contributed by atoms with E-state index in [0.717, 1.165) is 19.4 Å². The summed E-state index contributed by atoms with van der Waals surface area (Å²) in [5, 5.41) is 9.28. The van der Waals surface area contributed by atoms with Gasteiger partial charge in [0, 0.05) is 13.1 Å². The molecule has 0 saturated heterocycles. The maximum Gasteiger partial charge on any atom is 0.307 e. The fourth-order valence-corrected chi connectivity index (χ4v) is 2.83.